The maximum Gasteiger partial charge on any atom is 0.251 e. The molecule has 0 fully saturated rings. The van der Waals surface area contributed by atoms with E-state index in [4.69, 9.17) is 15.3 Å². The largest absolute Gasteiger partial charge is 0.459 e. The van der Waals surface area contributed by atoms with Gasteiger partial charge >= 0.3 is 0 Å². The van der Waals surface area contributed by atoms with Crippen LogP contribution in [0.4, 0.5) is 0 Å². The molecule has 0 aromatic heterocycles. The summed E-state index contributed by atoms with van der Waals surface area (Å²) in [7, 11) is 0. The number of rotatable bonds is 10. The fraction of sp³-hybridized carbons (Fsp3) is 0.409. The second kappa shape index (κ2) is 11.2. The highest BCUT2D eigenvalue weighted by Crippen LogP contribution is 2.24. The van der Waals surface area contributed by atoms with Crippen LogP contribution in [-0.4, -0.2) is 53.4 Å². The van der Waals surface area contributed by atoms with Crippen LogP contribution in [0.25, 0.3) is 0 Å². The predicted molar refractivity (Wildman–Crippen MR) is 115 cm³/mol. The van der Waals surface area contributed by atoms with Crippen LogP contribution in [0.1, 0.15) is 25.8 Å². The number of benzene rings is 1. The van der Waals surface area contributed by atoms with Crippen LogP contribution in [0.3, 0.4) is 0 Å². The first-order chi connectivity index (χ1) is 14.3. The minimum atomic E-state index is -0.717. The summed E-state index contributed by atoms with van der Waals surface area (Å²) >= 11 is 0. The van der Waals surface area contributed by atoms with Gasteiger partial charge in [-0.2, -0.15) is 0 Å². The van der Waals surface area contributed by atoms with E-state index in [-0.39, 0.29) is 30.8 Å². The minimum absolute atomic E-state index is 0.0303. The van der Waals surface area contributed by atoms with E-state index >= 15 is 0 Å². The van der Waals surface area contributed by atoms with Crippen molar-refractivity contribution in [3.05, 3.63) is 53.9 Å². The predicted octanol–water partition coefficient (Wildman–Crippen LogP) is 1.70. The zero-order valence-corrected chi connectivity index (χ0v) is 17.6. The van der Waals surface area contributed by atoms with Gasteiger partial charge < -0.3 is 25.4 Å². The van der Waals surface area contributed by atoms with Gasteiger partial charge in [-0.3, -0.25) is 15.0 Å². The van der Waals surface area contributed by atoms with E-state index in [0.717, 1.165) is 5.56 Å². The first-order valence-electron chi connectivity index (χ1n) is 9.96. The highest BCUT2D eigenvalue weighted by atomic mass is 16.5. The molecule has 2 rings (SSSR count). The number of hydrogen-bond acceptors (Lipinski definition) is 6. The number of carbonyl (C=O) groups excluding carboxylic acids is 2. The van der Waals surface area contributed by atoms with Crippen molar-refractivity contribution in [2.45, 2.75) is 33.2 Å². The summed E-state index contributed by atoms with van der Waals surface area (Å²) in [4.78, 5) is 26.9. The van der Waals surface area contributed by atoms with Gasteiger partial charge in [0.1, 0.15) is 23.4 Å². The normalized spacial score (nSPS) is 14.8. The lowest BCUT2D eigenvalue weighted by Gasteiger charge is -2.28. The quantitative estimate of drug-likeness (QED) is 0.264. The van der Waals surface area contributed by atoms with Gasteiger partial charge in [0.15, 0.2) is 0 Å². The zero-order chi connectivity index (χ0) is 22.1. The number of aliphatic hydroxyl groups excluding tert-OH is 1. The summed E-state index contributed by atoms with van der Waals surface area (Å²) in [5, 5.41) is 22.0. The Bertz CT molecular complexity index is 832. The monoisotopic (exact) mass is 414 g/mol. The molecule has 1 aromatic carbocycles. The van der Waals surface area contributed by atoms with E-state index in [1.165, 1.54) is 23.3 Å². The fourth-order valence-electron chi connectivity index (χ4n) is 3.02. The van der Waals surface area contributed by atoms with E-state index in [0.29, 0.717) is 24.5 Å². The molecule has 1 atom stereocenters. The van der Waals surface area contributed by atoms with Crippen molar-refractivity contribution in [2.75, 3.05) is 19.7 Å². The Morgan fingerprint density at radius 1 is 1.37 bits per heavy atom. The SMILES string of the molecule is Cc1ccccc1OC1=CC(=O)N([C@@H](CC(C)C)C(=O)NC(=N)/C=C\NCCO)C1. The molecule has 4 N–H and O–H groups in total. The van der Waals surface area contributed by atoms with Crippen molar-refractivity contribution in [3.8, 4) is 5.75 Å². The van der Waals surface area contributed by atoms with Crippen molar-refractivity contribution >= 4 is 17.6 Å². The molecule has 8 nitrogen and oxygen atoms in total. The Balaban J connectivity index is 2.05. The number of hydrogen-bond donors (Lipinski definition) is 4. The third kappa shape index (κ3) is 6.73. The Morgan fingerprint density at radius 2 is 2.10 bits per heavy atom. The first kappa shape index (κ1) is 23.2. The molecule has 2 amide bonds. The maximum absolute atomic E-state index is 12.8. The number of ether oxygens (including phenoxy) is 1. The summed E-state index contributed by atoms with van der Waals surface area (Å²) in [6.45, 7) is 6.39. The van der Waals surface area contributed by atoms with Crippen LogP contribution in [0.15, 0.2) is 48.4 Å². The number of amides is 2. The van der Waals surface area contributed by atoms with Crippen LogP contribution in [-0.2, 0) is 9.59 Å². The van der Waals surface area contributed by atoms with Gasteiger partial charge in [-0.05, 0) is 37.0 Å². The van der Waals surface area contributed by atoms with Crippen molar-refractivity contribution in [1.29, 1.82) is 5.41 Å². The average Bonchev–Trinajstić information content (AvgIpc) is 3.04. The van der Waals surface area contributed by atoms with E-state index in [1.54, 1.807) is 0 Å². The molecule has 1 aliphatic rings. The Morgan fingerprint density at radius 3 is 2.77 bits per heavy atom. The van der Waals surface area contributed by atoms with Crippen molar-refractivity contribution in [3.63, 3.8) is 0 Å². The van der Waals surface area contributed by atoms with E-state index < -0.39 is 11.9 Å². The summed E-state index contributed by atoms with van der Waals surface area (Å²) in [5.41, 5.74) is 0.954. The number of amidine groups is 1. The molecule has 1 aliphatic heterocycles. The van der Waals surface area contributed by atoms with Crippen molar-refractivity contribution in [1.82, 2.24) is 15.5 Å². The molecule has 162 valence electrons. The minimum Gasteiger partial charge on any atom is -0.459 e. The number of nitrogens with one attached hydrogen (secondary N) is 3. The summed E-state index contributed by atoms with van der Waals surface area (Å²) in [6, 6.07) is 6.81. The Hall–Kier alpha value is -3.13. The van der Waals surface area contributed by atoms with Crippen molar-refractivity contribution < 1.29 is 19.4 Å². The molecule has 30 heavy (non-hydrogen) atoms. The molecule has 0 radical (unpaired) electrons. The number of carbonyl (C=O) groups is 2. The van der Waals surface area contributed by atoms with Crippen LogP contribution in [0, 0.1) is 18.3 Å². The molecule has 8 heteroatoms. The lowest BCUT2D eigenvalue weighted by molar-refractivity contribution is -0.135. The number of nitrogens with zero attached hydrogens (tertiary/aromatic N) is 1. The first-order valence-corrected chi connectivity index (χ1v) is 9.96. The molecule has 1 aromatic rings. The van der Waals surface area contributed by atoms with Crippen LogP contribution in [0.2, 0.25) is 0 Å². The van der Waals surface area contributed by atoms with Gasteiger partial charge in [-0.1, -0.05) is 32.0 Å². The lowest BCUT2D eigenvalue weighted by Crippen LogP contribution is -2.49. The second-order valence-corrected chi connectivity index (χ2v) is 7.50. The number of para-hydroxylation sites is 1. The lowest BCUT2D eigenvalue weighted by atomic mass is 10.0. The molecule has 1 heterocycles. The molecule has 0 aliphatic carbocycles. The third-order valence-electron chi connectivity index (χ3n) is 4.48. The average molecular weight is 415 g/mol. The van der Waals surface area contributed by atoms with E-state index in [2.05, 4.69) is 10.6 Å². The van der Waals surface area contributed by atoms with Crippen molar-refractivity contribution in [2.24, 2.45) is 5.92 Å². The summed E-state index contributed by atoms with van der Waals surface area (Å²) in [6.07, 6.45) is 4.74. The molecular formula is C22H30N4O4. The molecule has 0 saturated carbocycles. The van der Waals surface area contributed by atoms with Gasteiger partial charge in [-0.15, -0.1) is 0 Å². The Labute approximate surface area is 177 Å². The van der Waals surface area contributed by atoms with Crippen LogP contribution < -0.4 is 15.4 Å². The molecule has 0 saturated heterocycles. The summed E-state index contributed by atoms with van der Waals surface area (Å²) in [5.74, 6) is 0.524. The zero-order valence-electron chi connectivity index (χ0n) is 17.6. The van der Waals surface area contributed by atoms with Gasteiger partial charge in [-0.25, -0.2) is 0 Å². The van der Waals surface area contributed by atoms with E-state index in [9.17, 15) is 9.59 Å². The standard InChI is InChI=1S/C22H30N4O4/c1-15(2)12-18(22(29)25-20(23)8-9-24-10-11-27)26-14-17(13-21(26)28)30-19-7-5-4-6-16(19)3/h4-9,13,15,18,24,27H,10-12,14H2,1-3H3,(H2,23,25,29)/b9-8-/t18-/m0/s1. The van der Waals surface area contributed by atoms with Gasteiger partial charge in [0.2, 0.25) is 5.91 Å². The molecule has 0 unspecified atom stereocenters. The Kier molecular flexibility index (Phi) is 8.61. The van der Waals surface area contributed by atoms with E-state index in [1.807, 2.05) is 45.0 Å². The number of aliphatic hydroxyl groups is 1. The highest BCUT2D eigenvalue weighted by molar-refractivity contribution is 6.05. The van der Waals surface area contributed by atoms with Gasteiger partial charge in [0.05, 0.1) is 13.2 Å². The molecule has 0 spiro atoms. The topological polar surface area (TPSA) is 115 Å². The third-order valence-corrected chi connectivity index (χ3v) is 4.48. The van der Waals surface area contributed by atoms with Gasteiger partial charge in [0.25, 0.3) is 5.91 Å². The van der Waals surface area contributed by atoms with Crippen LogP contribution >= 0.6 is 0 Å². The second-order valence-electron chi connectivity index (χ2n) is 7.50. The number of aryl methyl sites for hydroxylation is 1. The fourth-order valence-corrected chi connectivity index (χ4v) is 3.02. The highest BCUT2D eigenvalue weighted by Gasteiger charge is 2.35. The molecule has 0 bridgehead atoms. The summed E-state index contributed by atoms with van der Waals surface area (Å²) < 4.78 is 5.88. The van der Waals surface area contributed by atoms with Gasteiger partial charge in [0, 0.05) is 18.8 Å². The maximum atomic E-state index is 12.8. The van der Waals surface area contributed by atoms with Crippen LogP contribution in [0.5, 0.6) is 5.75 Å². The smallest absolute Gasteiger partial charge is 0.251 e. The molecular weight excluding hydrogens is 384 g/mol.